The molecule has 0 saturated carbocycles. The van der Waals surface area contributed by atoms with Crippen molar-refractivity contribution in [2.75, 3.05) is 0 Å². The van der Waals surface area contributed by atoms with Gasteiger partial charge in [0.05, 0.1) is 17.1 Å². The van der Waals surface area contributed by atoms with E-state index in [2.05, 4.69) is 15.2 Å². The third-order valence-electron chi connectivity index (χ3n) is 3.72. The summed E-state index contributed by atoms with van der Waals surface area (Å²) in [7, 11) is 0. The second-order valence-corrected chi connectivity index (χ2v) is 5.39. The van der Waals surface area contributed by atoms with E-state index in [1.54, 1.807) is 27.7 Å². The van der Waals surface area contributed by atoms with Crippen molar-refractivity contribution in [2.24, 2.45) is 5.73 Å². The zero-order valence-corrected chi connectivity index (χ0v) is 12.9. The van der Waals surface area contributed by atoms with Crippen LogP contribution in [0.4, 0.5) is 0 Å². The number of carbonyl (C=O) groups is 1. The van der Waals surface area contributed by atoms with Gasteiger partial charge in [0, 0.05) is 12.4 Å². The number of amides is 1. The lowest BCUT2D eigenvalue weighted by atomic mass is 10.1. The number of nitrogens with two attached hydrogens (primary N) is 1. The van der Waals surface area contributed by atoms with Crippen molar-refractivity contribution in [1.82, 2.24) is 24.4 Å². The normalized spacial score (nSPS) is 11.0. The summed E-state index contributed by atoms with van der Waals surface area (Å²) in [6, 6.07) is 13.3. The minimum absolute atomic E-state index is 0.285. The fourth-order valence-corrected chi connectivity index (χ4v) is 2.73. The van der Waals surface area contributed by atoms with E-state index in [4.69, 9.17) is 5.73 Å². The van der Waals surface area contributed by atoms with Crippen LogP contribution in [0.15, 0.2) is 54.9 Å². The van der Waals surface area contributed by atoms with Crippen LogP contribution in [-0.2, 0) is 0 Å². The third-order valence-corrected chi connectivity index (χ3v) is 3.72. The van der Waals surface area contributed by atoms with Gasteiger partial charge in [-0.15, -0.1) is 0 Å². The molecule has 0 bridgehead atoms. The first-order valence-corrected chi connectivity index (χ1v) is 7.41. The number of nitrogens with zero attached hydrogens (tertiary/aromatic N) is 5. The number of primary amides is 1. The van der Waals surface area contributed by atoms with Crippen LogP contribution in [0.1, 0.15) is 16.1 Å². The van der Waals surface area contributed by atoms with Gasteiger partial charge < -0.3 is 5.73 Å². The van der Waals surface area contributed by atoms with Crippen molar-refractivity contribution in [3.05, 3.63) is 66.1 Å². The largest absolute Gasteiger partial charge is 0.365 e. The SMILES string of the molecule is Cc1cc(-c2nn3cccnc3c2C(N)=O)n(-c2ccccc2)n1. The van der Waals surface area contributed by atoms with E-state index in [0.29, 0.717) is 17.0 Å². The van der Waals surface area contributed by atoms with Crippen molar-refractivity contribution in [2.45, 2.75) is 6.92 Å². The molecule has 0 saturated heterocycles. The first-order chi connectivity index (χ1) is 11.6. The summed E-state index contributed by atoms with van der Waals surface area (Å²) in [5.74, 6) is -0.572. The van der Waals surface area contributed by atoms with Crippen molar-refractivity contribution in [3.63, 3.8) is 0 Å². The molecule has 0 radical (unpaired) electrons. The molecule has 0 spiro atoms. The number of aryl methyl sites for hydroxylation is 1. The minimum Gasteiger partial charge on any atom is -0.365 e. The van der Waals surface area contributed by atoms with Crippen molar-refractivity contribution >= 4 is 11.6 Å². The average Bonchev–Trinajstić information content (AvgIpc) is 3.16. The lowest BCUT2D eigenvalue weighted by molar-refractivity contribution is 0.100. The number of para-hydroxylation sites is 1. The quantitative estimate of drug-likeness (QED) is 0.625. The van der Waals surface area contributed by atoms with Gasteiger partial charge in [0.15, 0.2) is 5.65 Å². The van der Waals surface area contributed by atoms with Gasteiger partial charge in [-0.1, -0.05) is 18.2 Å². The fourth-order valence-electron chi connectivity index (χ4n) is 2.73. The molecule has 4 aromatic rings. The van der Waals surface area contributed by atoms with Crippen LogP contribution in [-0.4, -0.2) is 30.3 Å². The Balaban J connectivity index is 2.03. The summed E-state index contributed by atoms with van der Waals surface area (Å²) in [6.45, 7) is 1.89. The van der Waals surface area contributed by atoms with Gasteiger partial charge in [0.25, 0.3) is 5.91 Å². The molecule has 4 rings (SSSR count). The monoisotopic (exact) mass is 318 g/mol. The van der Waals surface area contributed by atoms with Gasteiger partial charge in [-0.05, 0) is 31.2 Å². The van der Waals surface area contributed by atoms with E-state index in [1.165, 1.54) is 0 Å². The molecule has 3 aromatic heterocycles. The second kappa shape index (κ2) is 5.31. The van der Waals surface area contributed by atoms with Crippen LogP contribution in [0.3, 0.4) is 0 Å². The molecule has 1 amide bonds. The molecule has 7 nitrogen and oxygen atoms in total. The van der Waals surface area contributed by atoms with E-state index in [1.807, 2.05) is 43.3 Å². The summed E-state index contributed by atoms with van der Waals surface area (Å²) in [4.78, 5) is 16.3. The number of benzene rings is 1. The number of fused-ring (bicyclic) bond motifs is 1. The molecule has 3 heterocycles. The molecule has 0 aliphatic rings. The highest BCUT2D eigenvalue weighted by atomic mass is 16.1. The first-order valence-electron chi connectivity index (χ1n) is 7.41. The van der Waals surface area contributed by atoms with Crippen molar-refractivity contribution < 1.29 is 4.79 Å². The van der Waals surface area contributed by atoms with Gasteiger partial charge in [-0.2, -0.15) is 10.2 Å². The second-order valence-electron chi connectivity index (χ2n) is 5.39. The Kier molecular flexibility index (Phi) is 3.13. The Labute approximate surface area is 137 Å². The molecule has 24 heavy (non-hydrogen) atoms. The molecular weight excluding hydrogens is 304 g/mol. The maximum absolute atomic E-state index is 12.0. The zero-order valence-electron chi connectivity index (χ0n) is 12.9. The maximum Gasteiger partial charge on any atom is 0.254 e. The van der Waals surface area contributed by atoms with E-state index >= 15 is 0 Å². The average molecular weight is 318 g/mol. The smallest absolute Gasteiger partial charge is 0.254 e. The molecule has 7 heteroatoms. The van der Waals surface area contributed by atoms with E-state index in [0.717, 1.165) is 11.4 Å². The summed E-state index contributed by atoms with van der Waals surface area (Å²) in [5.41, 5.74) is 9.16. The van der Waals surface area contributed by atoms with E-state index in [9.17, 15) is 4.79 Å². The molecular formula is C17H14N6O. The van der Waals surface area contributed by atoms with Crippen LogP contribution in [0.25, 0.3) is 22.7 Å². The Hall–Kier alpha value is -3.48. The minimum atomic E-state index is -0.572. The van der Waals surface area contributed by atoms with Crippen molar-refractivity contribution in [3.8, 4) is 17.1 Å². The van der Waals surface area contributed by atoms with Gasteiger partial charge in [0.1, 0.15) is 11.3 Å². The molecule has 0 aliphatic heterocycles. The summed E-state index contributed by atoms with van der Waals surface area (Å²) in [5, 5.41) is 9.02. The van der Waals surface area contributed by atoms with Crippen LogP contribution < -0.4 is 5.73 Å². The van der Waals surface area contributed by atoms with Gasteiger partial charge in [-0.25, -0.2) is 14.2 Å². The standard InChI is InChI=1S/C17H14N6O/c1-11-10-13(23(20-11)12-6-3-2-4-7-12)15-14(16(18)24)17-19-8-5-9-22(17)21-15/h2-10H,1H3,(H2,18,24). The van der Waals surface area contributed by atoms with Crippen LogP contribution in [0.2, 0.25) is 0 Å². The third kappa shape index (κ3) is 2.14. The number of aromatic nitrogens is 5. The highest BCUT2D eigenvalue weighted by molar-refractivity contribution is 6.04. The number of carbonyl (C=O) groups excluding carboxylic acids is 1. The number of hydrogen-bond donors (Lipinski definition) is 1. The number of rotatable bonds is 3. The highest BCUT2D eigenvalue weighted by Crippen LogP contribution is 2.27. The Morgan fingerprint density at radius 1 is 1.12 bits per heavy atom. The van der Waals surface area contributed by atoms with Crippen LogP contribution >= 0.6 is 0 Å². The molecule has 0 fully saturated rings. The summed E-state index contributed by atoms with van der Waals surface area (Å²) in [6.07, 6.45) is 3.33. The van der Waals surface area contributed by atoms with Gasteiger partial charge >= 0.3 is 0 Å². The zero-order chi connectivity index (χ0) is 16.7. The fraction of sp³-hybridized carbons (Fsp3) is 0.0588. The molecule has 0 aliphatic carbocycles. The lowest BCUT2D eigenvalue weighted by Crippen LogP contribution is -2.13. The van der Waals surface area contributed by atoms with E-state index in [-0.39, 0.29) is 5.56 Å². The number of hydrogen-bond acceptors (Lipinski definition) is 4. The van der Waals surface area contributed by atoms with E-state index < -0.39 is 5.91 Å². The summed E-state index contributed by atoms with van der Waals surface area (Å²) >= 11 is 0. The molecule has 0 atom stereocenters. The highest BCUT2D eigenvalue weighted by Gasteiger charge is 2.23. The molecule has 118 valence electrons. The van der Waals surface area contributed by atoms with Crippen LogP contribution in [0.5, 0.6) is 0 Å². The van der Waals surface area contributed by atoms with Crippen molar-refractivity contribution in [1.29, 1.82) is 0 Å². The van der Waals surface area contributed by atoms with Gasteiger partial charge in [-0.3, -0.25) is 4.79 Å². The molecule has 1 aromatic carbocycles. The molecule has 0 unspecified atom stereocenters. The summed E-state index contributed by atoms with van der Waals surface area (Å²) < 4.78 is 3.30. The van der Waals surface area contributed by atoms with Gasteiger partial charge in [0.2, 0.25) is 0 Å². The Bertz CT molecular complexity index is 1050. The Morgan fingerprint density at radius 3 is 2.67 bits per heavy atom. The lowest BCUT2D eigenvalue weighted by Gasteiger charge is -2.06. The maximum atomic E-state index is 12.0. The predicted molar refractivity (Wildman–Crippen MR) is 88.8 cm³/mol. The Morgan fingerprint density at radius 2 is 1.92 bits per heavy atom. The topological polar surface area (TPSA) is 91.1 Å². The first kappa shape index (κ1) is 14.1. The van der Waals surface area contributed by atoms with Crippen LogP contribution in [0, 0.1) is 6.92 Å². The molecule has 2 N–H and O–H groups in total. The predicted octanol–water partition coefficient (Wildman–Crippen LogP) is 1.99.